The summed E-state index contributed by atoms with van der Waals surface area (Å²) in [6, 6.07) is 5.66. The molecule has 0 fully saturated rings. The Bertz CT molecular complexity index is 582. The molecule has 1 aromatic carbocycles. The molecular formula is C13H16BrClN4. The van der Waals surface area contributed by atoms with E-state index < -0.39 is 0 Å². The van der Waals surface area contributed by atoms with Gasteiger partial charge in [-0.05, 0) is 53.0 Å². The lowest BCUT2D eigenvalue weighted by Crippen LogP contribution is -2.31. The Morgan fingerprint density at radius 2 is 2.26 bits per heavy atom. The zero-order valence-electron chi connectivity index (χ0n) is 10.8. The maximum absolute atomic E-state index is 6.00. The molecule has 1 atom stereocenters. The van der Waals surface area contributed by atoms with E-state index in [1.54, 1.807) is 6.20 Å². The molecule has 2 rings (SSSR count). The highest BCUT2D eigenvalue weighted by Gasteiger charge is 2.21. The first-order chi connectivity index (χ1) is 9.08. The minimum atomic E-state index is -0.130. The van der Waals surface area contributed by atoms with Crippen molar-refractivity contribution in [3.8, 4) is 0 Å². The van der Waals surface area contributed by atoms with Crippen LogP contribution < -0.4 is 11.3 Å². The third-order valence-corrected chi connectivity index (χ3v) is 3.96. The minimum absolute atomic E-state index is 0.130. The van der Waals surface area contributed by atoms with E-state index in [2.05, 4.69) is 26.5 Å². The quantitative estimate of drug-likeness (QED) is 0.662. The summed E-state index contributed by atoms with van der Waals surface area (Å²) in [5.41, 5.74) is 6.05. The number of nitrogens with one attached hydrogen (secondary N) is 1. The molecule has 0 spiro atoms. The van der Waals surface area contributed by atoms with Gasteiger partial charge in [-0.2, -0.15) is 5.10 Å². The fraction of sp³-hybridized carbons (Fsp3) is 0.308. The van der Waals surface area contributed by atoms with Gasteiger partial charge in [0.1, 0.15) is 0 Å². The summed E-state index contributed by atoms with van der Waals surface area (Å²) < 4.78 is 2.86. The van der Waals surface area contributed by atoms with Crippen molar-refractivity contribution in [3.05, 3.63) is 50.7 Å². The summed E-state index contributed by atoms with van der Waals surface area (Å²) in [4.78, 5) is 0. The normalized spacial score (nSPS) is 12.7. The largest absolute Gasteiger partial charge is 0.271 e. The van der Waals surface area contributed by atoms with E-state index in [9.17, 15) is 0 Å². The van der Waals surface area contributed by atoms with Crippen LogP contribution in [-0.4, -0.2) is 9.78 Å². The Kier molecular flexibility index (Phi) is 4.62. The van der Waals surface area contributed by atoms with E-state index in [0.717, 1.165) is 32.9 Å². The maximum Gasteiger partial charge on any atom is 0.0892 e. The van der Waals surface area contributed by atoms with E-state index in [4.69, 9.17) is 17.4 Å². The highest BCUT2D eigenvalue weighted by molar-refractivity contribution is 9.10. The Morgan fingerprint density at radius 3 is 2.84 bits per heavy atom. The molecule has 3 N–H and O–H groups in total. The van der Waals surface area contributed by atoms with E-state index in [1.807, 2.05) is 36.7 Å². The summed E-state index contributed by atoms with van der Waals surface area (Å²) in [7, 11) is 0. The van der Waals surface area contributed by atoms with Crippen molar-refractivity contribution in [1.82, 2.24) is 15.2 Å². The SMILES string of the molecule is CCn1ncc(Br)c1C(NN)c1ccc(Cl)cc1C. The van der Waals surface area contributed by atoms with Gasteiger partial charge < -0.3 is 0 Å². The summed E-state index contributed by atoms with van der Waals surface area (Å²) in [5, 5.41) is 5.05. The summed E-state index contributed by atoms with van der Waals surface area (Å²) in [6.07, 6.45) is 1.79. The molecular weight excluding hydrogens is 328 g/mol. The van der Waals surface area contributed by atoms with E-state index in [-0.39, 0.29) is 6.04 Å². The van der Waals surface area contributed by atoms with Crippen LogP contribution >= 0.6 is 27.5 Å². The van der Waals surface area contributed by atoms with Gasteiger partial charge in [-0.1, -0.05) is 17.7 Å². The number of rotatable bonds is 4. The van der Waals surface area contributed by atoms with Gasteiger partial charge in [-0.15, -0.1) is 0 Å². The van der Waals surface area contributed by atoms with Gasteiger partial charge in [-0.3, -0.25) is 10.5 Å². The molecule has 0 aliphatic rings. The number of hydrogen-bond acceptors (Lipinski definition) is 3. The van der Waals surface area contributed by atoms with Gasteiger partial charge in [0, 0.05) is 11.6 Å². The number of aromatic nitrogens is 2. The van der Waals surface area contributed by atoms with Gasteiger partial charge in [0.15, 0.2) is 0 Å². The third kappa shape index (κ3) is 2.84. The first-order valence-corrected chi connectivity index (χ1v) is 7.19. The highest BCUT2D eigenvalue weighted by Crippen LogP contribution is 2.30. The first-order valence-electron chi connectivity index (χ1n) is 6.01. The number of hydrogen-bond donors (Lipinski definition) is 2. The molecule has 0 amide bonds. The Morgan fingerprint density at radius 1 is 1.53 bits per heavy atom. The van der Waals surface area contributed by atoms with Crippen molar-refractivity contribution in [1.29, 1.82) is 0 Å². The second-order valence-corrected chi connectivity index (χ2v) is 5.58. The number of halogens is 2. The van der Waals surface area contributed by atoms with E-state index in [1.165, 1.54) is 0 Å². The summed E-state index contributed by atoms with van der Waals surface area (Å²) in [5.74, 6) is 5.75. The van der Waals surface area contributed by atoms with Crippen LogP contribution in [0.4, 0.5) is 0 Å². The van der Waals surface area contributed by atoms with Crippen molar-refractivity contribution in [2.75, 3.05) is 0 Å². The minimum Gasteiger partial charge on any atom is -0.271 e. The second kappa shape index (κ2) is 6.05. The molecule has 102 valence electrons. The third-order valence-electron chi connectivity index (χ3n) is 3.12. The van der Waals surface area contributed by atoms with Crippen molar-refractivity contribution < 1.29 is 0 Å². The molecule has 1 heterocycles. The van der Waals surface area contributed by atoms with Crippen molar-refractivity contribution >= 4 is 27.5 Å². The molecule has 1 aromatic heterocycles. The first kappa shape index (κ1) is 14.5. The second-order valence-electron chi connectivity index (χ2n) is 4.29. The molecule has 0 aliphatic heterocycles. The average Bonchev–Trinajstić information content (AvgIpc) is 2.74. The van der Waals surface area contributed by atoms with E-state index >= 15 is 0 Å². The van der Waals surface area contributed by atoms with Crippen LogP contribution in [0.15, 0.2) is 28.9 Å². The smallest absolute Gasteiger partial charge is 0.0892 e. The van der Waals surface area contributed by atoms with Crippen LogP contribution in [0.2, 0.25) is 5.02 Å². The molecule has 2 aromatic rings. The van der Waals surface area contributed by atoms with Gasteiger partial charge >= 0.3 is 0 Å². The summed E-state index contributed by atoms with van der Waals surface area (Å²) in [6.45, 7) is 4.85. The lowest BCUT2D eigenvalue weighted by Gasteiger charge is -2.20. The fourth-order valence-electron chi connectivity index (χ4n) is 2.19. The molecule has 0 aliphatic carbocycles. The summed E-state index contributed by atoms with van der Waals surface area (Å²) >= 11 is 9.53. The van der Waals surface area contributed by atoms with Gasteiger partial charge in [0.25, 0.3) is 0 Å². The van der Waals surface area contributed by atoms with E-state index in [0.29, 0.717) is 0 Å². The van der Waals surface area contributed by atoms with Crippen LogP contribution in [0.1, 0.15) is 29.8 Å². The van der Waals surface area contributed by atoms with Crippen molar-refractivity contribution in [3.63, 3.8) is 0 Å². The molecule has 0 saturated carbocycles. The number of benzene rings is 1. The van der Waals surface area contributed by atoms with Gasteiger partial charge in [-0.25, -0.2) is 5.43 Å². The number of nitrogens with two attached hydrogens (primary N) is 1. The predicted molar refractivity (Wildman–Crippen MR) is 81.0 cm³/mol. The lowest BCUT2D eigenvalue weighted by atomic mass is 9.99. The monoisotopic (exact) mass is 342 g/mol. The number of nitrogens with zero attached hydrogens (tertiary/aromatic N) is 2. The molecule has 19 heavy (non-hydrogen) atoms. The Hall–Kier alpha value is -0.880. The van der Waals surface area contributed by atoms with Crippen LogP contribution in [0.25, 0.3) is 0 Å². The fourth-order valence-corrected chi connectivity index (χ4v) is 2.94. The lowest BCUT2D eigenvalue weighted by molar-refractivity contribution is 0.540. The molecule has 0 radical (unpaired) electrons. The zero-order chi connectivity index (χ0) is 14.0. The molecule has 1 unspecified atom stereocenters. The standard InChI is InChI=1S/C13H16BrClN4/c1-3-19-13(11(14)7-17-19)12(18-16)10-5-4-9(15)6-8(10)2/h4-7,12,18H,3,16H2,1-2H3. The zero-order valence-corrected chi connectivity index (χ0v) is 13.2. The number of hydrazine groups is 1. The molecule has 4 nitrogen and oxygen atoms in total. The Balaban J connectivity index is 2.52. The highest BCUT2D eigenvalue weighted by atomic mass is 79.9. The van der Waals surface area contributed by atoms with Gasteiger partial charge in [0.2, 0.25) is 0 Å². The van der Waals surface area contributed by atoms with Crippen molar-refractivity contribution in [2.24, 2.45) is 5.84 Å². The topological polar surface area (TPSA) is 55.9 Å². The van der Waals surface area contributed by atoms with Crippen molar-refractivity contribution in [2.45, 2.75) is 26.4 Å². The molecule has 0 bridgehead atoms. The van der Waals surface area contributed by atoms with Crippen LogP contribution in [0, 0.1) is 6.92 Å². The van der Waals surface area contributed by atoms with Crippen LogP contribution in [0.5, 0.6) is 0 Å². The maximum atomic E-state index is 6.00. The number of aryl methyl sites for hydroxylation is 2. The molecule has 0 saturated heterocycles. The Labute approximate surface area is 126 Å². The van der Waals surface area contributed by atoms with Crippen LogP contribution in [-0.2, 0) is 6.54 Å². The van der Waals surface area contributed by atoms with Gasteiger partial charge in [0.05, 0.1) is 22.4 Å². The average molecular weight is 344 g/mol. The molecule has 6 heteroatoms. The van der Waals surface area contributed by atoms with Crippen LogP contribution in [0.3, 0.4) is 0 Å². The predicted octanol–water partition coefficient (Wildman–Crippen LogP) is 3.18.